The number of nitro groups is 1. The summed E-state index contributed by atoms with van der Waals surface area (Å²) in [5.41, 5.74) is 1.55. The summed E-state index contributed by atoms with van der Waals surface area (Å²) in [5.74, 6) is 0.639. The fourth-order valence-corrected chi connectivity index (χ4v) is 1.90. The number of fused-ring (bicyclic) bond motifs is 1. The molecule has 0 unspecified atom stereocenters. The summed E-state index contributed by atoms with van der Waals surface area (Å²) in [6.45, 7) is 0. The van der Waals surface area contributed by atoms with Crippen molar-refractivity contribution in [3.63, 3.8) is 0 Å². The molecule has 0 amide bonds. The molecule has 0 aliphatic carbocycles. The minimum Gasteiger partial charge on any atom is -0.456 e. The topological polar surface area (TPSA) is 56.3 Å². The summed E-state index contributed by atoms with van der Waals surface area (Å²) in [4.78, 5) is 10.3. The minimum atomic E-state index is -0.411. The van der Waals surface area contributed by atoms with Crippen molar-refractivity contribution in [2.45, 2.75) is 0 Å². The minimum absolute atomic E-state index is 0.0629. The van der Waals surface area contributed by atoms with Gasteiger partial charge in [0.15, 0.2) is 0 Å². The standard InChI is InChI=1S/C14H9NO3/c16-15(17)12-6-3-5-10(8-12)14-9-11-4-1-2-7-13(11)18-14/h1-9H. The van der Waals surface area contributed by atoms with E-state index >= 15 is 0 Å². The maximum atomic E-state index is 10.7. The molecule has 2 aromatic carbocycles. The number of para-hydroxylation sites is 1. The highest BCUT2D eigenvalue weighted by Gasteiger charge is 2.10. The van der Waals surface area contributed by atoms with Crippen LogP contribution in [0.1, 0.15) is 0 Å². The average Bonchev–Trinajstić information content (AvgIpc) is 2.82. The lowest BCUT2D eigenvalue weighted by molar-refractivity contribution is -0.384. The molecule has 4 heteroatoms. The van der Waals surface area contributed by atoms with E-state index in [2.05, 4.69) is 0 Å². The van der Waals surface area contributed by atoms with Crippen LogP contribution in [-0.2, 0) is 0 Å². The van der Waals surface area contributed by atoms with Crippen molar-refractivity contribution in [3.05, 3.63) is 64.7 Å². The molecule has 3 aromatic rings. The zero-order chi connectivity index (χ0) is 12.5. The van der Waals surface area contributed by atoms with Crippen LogP contribution >= 0.6 is 0 Å². The van der Waals surface area contributed by atoms with Crippen molar-refractivity contribution in [2.75, 3.05) is 0 Å². The molecule has 0 saturated heterocycles. The first-order chi connectivity index (χ1) is 8.74. The van der Waals surface area contributed by atoms with Crippen molar-refractivity contribution in [1.29, 1.82) is 0 Å². The molecule has 0 atom stereocenters. The Morgan fingerprint density at radius 2 is 1.83 bits per heavy atom. The molecule has 0 radical (unpaired) electrons. The van der Waals surface area contributed by atoms with E-state index in [-0.39, 0.29) is 5.69 Å². The van der Waals surface area contributed by atoms with E-state index < -0.39 is 4.92 Å². The van der Waals surface area contributed by atoms with Crippen LogP contribution in [0.2, 0.25) is 0 Å². The van der Waals surface area contributed by atoms with Crippen LogP contribution in [0.4, 0.5) is 5.69 Å². The molecule has 0 spiro atoms. The maximum Gasteiger partial charge on any atom is 0.270 e. The fourth-order valence-electron chi connectivity index (χ4n) is 1.90. The predicted octanol–water partition coefficient (Wildman–Crippen LogP) is 4.01. The van der Waals surface area contributed by atoms with E-state index in [1.54, 1.807) is 12.1 Å². The highest BCUT2D eigenvalue weighted by atomic mass is 16.6. The van der Waals surface area contributed by atoms with Gasteiger partial charge in [-0.15, -0.1) is 0 Å². The van der Waals surface area contributed by atoms with Gasteiger partial charge in [-0.25, -0.2) is 0 Å². The van der Waals surface area contributed by atoms with Crippen molar-refractivity contribution in [2.24, 2.45) is 0 Å². The van der Waals surface area contributed by atoms with Gasteiger partial charge in [0.25, 0.3) is 5.69 Å². The van der Waals surface area contributed by atoms with E-state index in [1.807, 2.05) is 30.3 Å². The van der Waals surface area contributed by atoms with Gasteiger partial charge in [-0.1, -0.05) is 30.3 Å². The number of hydrogen-bond donors (Lipinski definition) is 0. The number of rotatable bonds is 2. The molecule has 3 rings (SSSR count). The first-order valence-electron chi connectivity index (χ1n) is 5.47. The summed E-state index contributed by atoms with van der Waals surface area (Å²) in [6.07, 6.45) is 0. The van der Waals surface area contributed by atoms with Gasteiger partial charge in [0, 0.05) is 23.1 Å². The van der Waals surface area contributed by atoms with Crippen LogP contribution in [-0.4, -0.2) is 4.92 Å². The van der Waals surface area contributed by atoms with Gasteiger partial charge in [0.1, 0.15) is 11.3 Å². The van der Waals surface area contributed by atoms with Crippen LogP contribution in [0.5, 0.6) is 0 Å². The Kier molecular flexibility index (Phi) is 2.34. The van der Waals surface area contributed by atoms with Gasteiger partial charge >= 0.3 is 0 Å². The molecule has 0 saturated carbocycles. The van der Waals surface area contributed by atoms with Gasteiger partial charge in [0.05, 0.1) is 4.92 Å². The summed E-state index contributed by atoms with van der Waals surface area (Å²) >= 11 is 0. The fraction of sp³-hybridized carbons (Fsp3) is 0. The molecule has 1 aromatic heterocycles. The summed E-state index contributed by atoms with van der Waals surface area (Å²) in [6, 6.07) is 15.9. The summed E-state index contributed by atoms with van der Waals surface area (Å²) < 4.78 is 5.67. The van der Waals surface area contributed by atoms with Crippen LogP contribution in [0.15, 0.2) is 59.0 Å². The number of hydrogen-bond acceptors (Lipinski definition) is 3. The molecule has 18 heavy (non-hydrogen) atoms. The lowest BCUT2D eigenvalue weighted by Gasteiger charge is -1.96. The molecule has 0 N–H and O–H groups in total. The van der Waals surface area contributed by atoms with E-state index in [4.69, 9.17) is 4.42 Å². The van der Waals surface area contributed by atoms with Crippen LogP contribution in [0, 0.1) is 10.1 Å². The zero-order valence-electron chi connectivity index (χ0n) is 9.37. The van der Waals surface area contributed by atoms with Crippen molar-refractivity contribution < 1.29 is 9.34 Å². The molecule has 0 aliphatic rings. The number of nitro benzene ring substituents is 1. The quantitative estimate of drug-likeness (QED) is 0.501. The van der Waals surface area contributed by atoms with Gasteiger partial charge < -0.3 is 4.42 Å². The highest BCUT2D eigenvalue weighted by molar-refractivity contribution is 5.82. The van der Waals surface area contributed by atoms with E-state index in [9.17, 15) is 10.1 Å². The third kappa shape index (κ3) is 1.73. The Labute approximate surface area is 103 Å². The first-order valence-corrected chi connectivity index (χ1v) is 5.47. The third-order valence-corrected chi connectivity index (χ3v) is 2.77. The highest BCUT2D eigenvalue weighted by Crippen LogP contribution is 2.29. The van der Waals surface area contributed by atoms with Gasteiger partial charge in [-0.3, -0.25) is 10.1 Å². The molecular weight excluding hydrogens is 230 g/mol. The molecule has 0 bridgehead atoms. The number of nitrogens with zero attached hydrogens (tertiary/aromatic N) is 1. The van der Waals surface area contributed by atoms with Gasteiger partial charge in [0.2, 0.25) is 0 Å². The zero-order valence-corrected chi connectivity index (χ0v) is 9.37. The smallest absolute Gasteiger partial charge is 0.270 e. The summed E-state index contributed by atoms with van der Waals surface area (Å²) in [7, 11) is 0. The molecule has 4 nitrogen and oxygen atoms in total. The first kappa shape index (κ1) is 10.5. The van der Waals surface area contributed by atoms with Crippen LogP contribution in [0.25, 0.3) is 22.3 Å². The number of benzene rings is 2. The van der Waals surface area contributed by atoms with Gasteiger partial charge in [-0.2, -0.15) is 0 Å². The Balaban J connectivity index is 2.13. The number of non-ortho nitro benzene ring substituents is 1. The van der Waals surface area contributed by atoms with Crippen LogP contribution < -0.4 is 0 Å². The Bertz CT molecular complexity index is 697. The Morgan fingerprint density at radius 3 is 2.61 bits per heavy atom. The van der Waals surface area contributed by atoms with Crippen molar-refractivity contribution in [3.8, 4) is 11.3 Å². The second-order valence-corrected chi connectivity index (χ2v) is 3.96. The number of furan rings is 1. The van der Waals surface area contributed by atoms with Crippen molar-refractivity contribution >= 4 is 16.7 Å². The average molecular weight is 239 g/mol. The molecule has 0 aliphatic heterocycles. The second kappa shape index (κ2) is 4.00. The van der Waals surface area contributed by atoms with E-state index in [1.165, 1.54) is 12.1 Å². The lowest BCUT2D eigenvalue weighted by Crippen LogP contribution is -1.87. The summed E-state index contributed by atoms with van der Waals surface area (Å²) in [5, 5.41) is 11.7. The molecule has 1 heterocycles. The molecule has 88 valence electrons. The largest absolute Gasteiger partial charge is 0.456 e. The SMILES string of the molecule is O=[N+]([O-])c1cccc(-c2cc3ccccc3o2)c1. The second-order valence-electron chi connectivity index (χ2n) is 3.96. The molecular formula is C14H9NO3. The van der Waals surface area contributed by atoms with E-state index in [0.29, 0.717) is 11.3 Å². The van der Waals surface area contributed by atoms with Crippen LogP contribution in [0.3, 0.4) is 0 Å². The monoisotopic (exact) mass is 239 g/mol. The predicted molar refractivity (Wildman–Crippen MR) is 68.3 cm³/mol. The Morgan fingerprint density at radius 1 is 1.00 bits per heavy atom. The normalized spacial score (nSPS) is 10.7. The Hall–Kier alpha value is -2.62. The van der Waals surface area contributed by atoms with E-state index in [0.717, 1.165) is 11.0 Å². The van der Waals surface area contributed by atoms with Gasteiger partial charge in [-0.05, 0) is 12.1 Å². The maximum absolute atomic E-state index is 10.7. The lowest BCUT2D eigenvalue weighted by atomic mass is 10.1. The third-order valence-electron chi connectivity index (χ3n) is 2.77. The van der Waals surface area contributed by atoms with Crippen molar-refractivity contribution in [1.82, 2.24) is 0 Å². The molecule has 0 fully saturated rings.